The number of carbonyl (C=O) groups excluding carboxylic acids is 2. The Labute approximate surface area is 196 Å². The Bertz CT molecular complexity index is 978. The molecule has 0 radical (unpaired) electrons. The van der Waals surface area contributed by atoms with E-state index in [0.29, 0.717) is 38.4 Å². The molecular weight excluding hydrogens is 420 g/mol. The number of ether oxygens (including phenoxy) is 1. The number of carbonyl (C=O) groups is 2. The van der Waals surface area contributed by atoms with Gasteiger partial charge in [-0.25, -0.2) is 9.78 Å². The van der Waals surface area contributed by atoms with Gasteiger partial charge in [-0.3, -0.25) is 4.79 Å². The minimum absolute atomic E-state index is 0.0486. The molecule has 0 bridgehead atoms. The number of benzene rings is 1. The Balaban J connectivity index is 1.94. The Morgan fingerprint density at radius 1 is 1.24 bits per heavy atom. The summed E-state index contributed by atoms with van der Waals surface area (Å²) in [7, 11) is 0. The van der Waals surface area contributed by atoms with Crippen LogP contribution in [0.25, 0.3) is 11.0 Å². The number of aromatic nitrogens is 2. The summed E-state index contributed by atoms with van der Waals surface area (Å²) in [6.45, 7) is 13.6. The summed E-state index contributed by atoms with van der Waals surface area (Å²) in [5, 5.41) is 9.94. The Hall–Kier alpha value is -2.61. The number of aliphatic hydroxyl groups is 1. The van der Waals surface area contributed by atoms with Gasteiger partial charge < -0.3 is 24.2 Å². The number of nitrogens with zero attached hydrogens (tertiary/aromatic N) is 4. The maximum Gasteiger partial charge on any atom is 0.410 e. The molecule has 1 aliphatic rings. The number of aliphatic hydroxyl groups excluding tert-OH is 1. The van der Waals surface area contributed by atoms with Crippen LogP contribution in [-0.4, -0.2) is 74.3 Å². The van der Waals surface area contributed by atoms with E-state index in [9.17, 15) is 14.7 Å². The molecule has 2 amide bonds. The third kappa shape index (κ3) is 5.85. The standard InChI is InChI=1S/C25H38N4O4/c1-7-28-21-11-9-8-10-20(21)26-22(28)23(31)29(13-17(2)3)19-12-18(16-30)14-27(15-19)24(32)33-25(4,5)6/h8-11,17-19,30H,7,12-16H2,1-6H3/t18-,19+/m1/s1. The lowest BCUT2D eigenvalue weighted by atomic mass is 9.93. The Morgan fingerprint density at radius 3 is 2.55 bits per heavy atom. The van der Waals surface area contributed by atoms with Gasteiger partial charge in [0.05, 0.1) is 17.1 Å². The van der Waals surface area contributed by atoms with Crippen molar-refractivity contribution in [1.29, 1.82) is 0 Å². The molecule has 2 heterocycles. The van der Waals surface area contributed by atoms with Gasteiger partial charge >= 0.3 is 6.09 Å². The van der Waals surface area contributed by atoms with Crippen LogP contribution in [-0.2, 0) is 11.3 Å². The fourth-order valence-corrected chi connectivity index (χ4v) is 4.49. The van der Waals surface area contributed by atoms with Crippen LogP contribution in [0.5, 0.6) is 0 Å². The van der Waals surface area contributed by atoms with Crippen molar-refractivity contribution in [2.24, 2.45) is 11.8 Å². The Morgan fingerprint density at radius 2 is 1.94 bits per heavy atom. The number of imidazole rings is 1. The van der Waals surface area contributed by atoms with E-state index in [1.165, 1.54) is 0 Å². The number of hydrogen-bond acceptors (Lipinski definition) is 5. The van der Waals surface area contributed by atoms with E-state index in [1.54, 1.807) is 4.90 Å². The third-order valence-corrected chi connectivity index (χ3v) is 5.85. The van der Waals surface area contributed by atoms with Crippen LogP contribution in [0.15, 0.2) is 24.3 Å². The van der Waals surface area contributed by atoms with Gasteiger partial charge in [-0.2, -0.15) is 0 Å². The molecule has 1 fully saturated rings. The van der Waals surface area contributed by atoms with Gasteiger partial charge in [-0.05, 0) is 52.2 Å². The summed E-state index contributed by atoms with van der Waals surface area (Å²) in [5.41, 5.74) is 1.11. The van der Waals surface area contributed by atoms with Gasteiger partial charge in [0.2, 0.25) is 0 Å². The van der Waals surface area contributed by atoms with Crippen molar-refractivity contribution in [3.05, 3.63) is 30.1 Å². The van der Waals surface area contributed by atoms with Gasteiger partial charge in [0.25, 0.3) is 5.91 Å². The highest BCUT2D eigenvalue weighted by Gasteiger charge is 2.38. The summed E-state index contributed by atoms with van der Waals surface area (Å²) in [6, 6.07) is 7.52. The van der Waals surface area contributed by atoms with Crippen molar-refractivity contribution in [2.75, 3.05) is 26.2 Å². The second kappa shape index (κ2) is 10.1. The number of likely N-dealkylation sites (tertiary alicyclic amines) is 1. The fraction of sp³-hybridized carbons (Fsp3) is 0.640. The molecule has 0 aliphatic carbocycles. The first kappa shape index (κ1) is 25.0. The predicted molar refractivity (Wildman–Crippen MR) is 128 cm³/mol. The van der Waals surface area contributed by atoms with E-state index in [4.69, 9.17) is 4.74 Å². The van der Waals surface area contributed by atoms with E-state index in [-0.39, 0.29) is 30.4 Å². The first-order valence-corrected chi connectivity index (χ1v) is 11.9. The molecule has 2 aromatic rings. The smallest absolute Gasteiger partial charge is 0.410 e. The maximum absolute atomic E-state index is 13.9. The van der Waals surface area contributed by atoms with Crippen LogP contribution in [0.2, 0.25) is 0 Å². The van der Waals surface area contributed by atoms with E-state index in [1.807, 2.05) is 61.4 Å². The first-order chi connectivity index (χ1) is 15.5. The molecule has 0 saturated carbocycles. The first-order valence-electron chi connectivity index (χ1n) is 11.9. The predicted octanol–water partition coefficient (Wildman–Crippen LogP) is 3.77. The second-order valence-electron chi connectivity index (χ2n) is 10.3. The molecule has 0 spiro atoms. The van der Waals surface area contributed by atoms with E-state index < -0.39 is 11.7 Å². The summed E-state index contributed by atoms with van der Waals surface area (Å²) in [5.74, 6) is 0.380. The summed E-state index contributed by atoms with van der Waals surface area (Å²) in [4.78, 5) is 34.8. The average molecular weight is 459 g/mol. The molecular formula is C25H38N4O4. The molecule has 8 heteroatoms. The number of piperidine rings is 1. The van der Waals surface area contributed by atoms with Gasteiger partial charge in [-0.15, -0.1) is 0 Å². The lowest BCUT2D eigenvalue weighted by molar-refractivity contribution is -0.00456. The quantitative estimate of drug-likeness (QED) is 0.712. The minimum atomic E-state index is -0.613. The maximum atomic E-state index is 13.9. The zero-order valence-electron chi connectivity index (χ0n) is 20.7. The number of rotatable bonds is 6. The highest BCUT2D eigenvalue weighted by molar-refractivity contribution is 5.95. The normalized spacial score (nSPS) is 19.2. The van der Waals surface area contributed by atoms with Crippen LogP contribution in [0.4, 0.5) is 4.79 Å². The lowest BCUT2D eigenvalue weighted by Crippen LogP contribution is -2.56. The van der Waals surface area contributed by atoms with E-state index in [0.717, 1.165) is 11.0 Å². The van der Waals surface area contributed by atoms with Crippen molar-refractivity contribution in [3.63, 3.8) is 0 Å². The number of para-hydroxylation sites is 2. The molecule has 2 atom stereocenters. The highest BCUT2D eigenvalue weighted by atomic mass is 16.6. The lowest BCUT2D eigenvalue weighted by Gasteiger charge is -2.43. The number of hydrogen-bond donors (Lipinski definition) is 1. The van der Waals surface area contributed by atoms with E-state index >= 15 is 0 Å². The van der Waals surface area contributed by atoms with Gasteiger partial charge in [0.15, 0.2) is 5.82 Å². The third-order valence-electron chi connectivity index (χ3n) is 5.85. The molecule has 1 aromatic heterocycles. The van der Waals surface area contributed by atoms with Crippen molar-refractivity contribution in [1.82, 2.24) is 19.4 Å². The monoisotopic (exact) mass is 458 g/mol. The second-order valence-corrected chi connectivity index (χ2v) is 10.3. The summed E-state index contributed by atoms with van der Waals surface area (Å²) < 4.78 is 7.53. The molecule has 3 rings (SSSR count). The molecule has 182 valence electrons. The fourth-order valence-electron chi connectivity index (χ4n) is 4.49. The van der Waals surface area contributed by atoms with Crippen molar-refractivity contribution in [3.8, 4) is 0 Å². The molecule has 8 nitrogen and oxygen atoms in total. The highest BCUT2D eigenvalue weighted by Crippen LogP contribution is 2.26. The molecule has 1 aliphatic heterocycles. The average Bonchev–Trinajstić information content (AvgIpc) is 3.14. The molecule has 0 unspecified atom stereocenters. The summed E-state index contributed by atoms with van der Waals surface area (Å²) in [6.07, 6.45) is 0.212. The molecule has 1 saturated heterocycles. The topological polar surface area (TPSA) is 87.9 Å². The largest absolute Gasteiger partial charge is 0.444 e. The zero-order valence-corrected chi connectivity index (χ0v) is 20.7. The number of amides is 2. The number of fused-ring (bicyclic) bond motifs is 1. The van der Waals surface area contributed by atoms with Crippen LogP contribution >= 0.6 is 0 Å². The minimum Gasteiger partial charge on any atom is -0.444 e. The molecule has 33 heavy (non-hydrogen) atoms. The van der Waals surface area contributed by atoms with Crippen LogP contribution < -0.4 is 0 Å². The van der Waals surface area contributed by atoms with Crippen molar-refractivity contribution < 1.29 is 19.4 Å². The summed E-state index contributed by atoms with van der Waals surface area (Å²) >= 11 is 0. The van der Waals surface area contributed by atoms with Crippen LogP contribution in [0, 0.1) is 11.8 Å². The number of aryl methyl sites for hydroxylation is 1. The SMILES string of the molecule is CCn1c(C(=O)N(CC(C)C)[C@H]2C[C@@H](CO)CN(C(=O)OC(C)(C)C)C2)nc2ccccc21. The van der Waals surface area contributed by atoms with Gasteiger partial charge in [0.1, 0.15) is 5.60 Å². The molecule has 1 aromatic carbocycles. The van der Waals surface area contributed by atoms with Crippen molar-refractivity contribution in [2.45, 2.75) is 66.2 Å². The van der Waals surface area contributed by atoms with E-state index in [2.05, 4.69) is 18.8 Å². The Kier molecular flexibility index (Phi) is 7.67. The van der Waals surface area contributed by atoms with Gasteiger partial charge in [0, 0.05) is 38.7 Å². The van der Waals surface area contributed by atoms with Crippen LogP contribution in [0.3, 0.4) is 0 Å². The molecule has 1 N–H and O–H groups in total. The van der Waals surface area contributed by atoms with Crippen LogP contribution in [0.1, 0.15) is 58.6 Å². The van der Waals surface area contributed by atoms with Crippen molar-refractivity contribution >= 4 is 23.0 Å². The van der Waals surface area contributed by atoms with Gasteiger partial charge in [-0.1, -0.05) is 26.0 Å². The zero-order chi connectivity index (χ0) is 24.3.